The van der Waals surface area contributed by atoms with Gasteiger partial charge in [-0.05, 0) is 39.0 Å². The monoisotopic (exact) mass is 228 g/mol. The Morgan fingerprint density at radius 1 is 1.31 bits per heavy atom. The molecule has 0 saturated carbocycles. The molecule has 3 unspecified atom stereocenters. The topological polar surface area (TPSA) is 56.5 Å². The molecule has 2 fully saturated rings. The Labute approximate surface area is 97.8 Å². The smallest absolute Gasteiger partial charge is 0.0823 e. The van der Waals surface area contributed by atoms with Crippen molar-refractivity contribution >= 4 is 0 Å². The summed E-state index contributed by atoms with van der Waals surface area (Å²) in [6, 6.07) is 0.216. The molecule has 2 aliphatic heterocycles. The molecule has 4 heteroatoms. The van der Waals surface area contributed by atoms with Crippen LogP contribution >= 0.6 is 0 Å². The summed E-state index contributed by atoms with van der Waals surface area (Å²) in [6.45, 7) is 4.76. The fourth-order valence-electron chi connectivity index (χ4n) is 3.04. The van der Waals surface area contributed by atoms with Crippen LogP contribution in [0.1, 0.15) is 39.0 Å². The molecule has 0 aromatic rings. The molecule has 2 saturated heterocycles. The Hall–Kier alpha value is -0.160. The summed E-state index contributed by atoms with van der Waals surface area (Å²) in [6.07, 6.45) is 5.83. The molecule has 0 aromatic carbocycles. The molecule has 2 aliphatic rings. The van der Waals surface area contributed by atoms with Crippen molar-refractivity contribution in [1.29, 1.82) is 0 Å². The van der Waals surface area contributed by atoms with Gasteiger partial charge in [-0.2, -0.15) is 0 Å². The van der Waals surface area contributed by atoms with Gasteiger partial charge in [-0.1, -0.05) is 0 Å². The zero-order valence-corrected chi connectivity index (χ0v) is 10.2. The van der Waals surface area contributed by atoms with Gasteiger partial charge in [0, 0.05) is 19.1 Å². The zero-order valence-electron chi connectivity index (χ0n) is 10.2. The Bertz CT molecular complexity index is 211. The third-order valence-electron chi connectivity index (χ3n) is 4.00. The van der Waals surface area contributed by atoms with Crippen molar-refractivity contribution in [2.24, 2.45) is 11.8 Å². The molecule has 0 amide bonds. The summed E-state index contributed by atoms with van der Waals surface area (Å²) < 4.78 is 11.5. The summed E-state index contributed by atoms with van der Waals surface area (Å²) in [5.41, 5.74) is 2.86. The first-order valence-electron chi connectivity index (χ1n) is 6.44. The molecule has 0 bridgehead atoms. The third-order valence-corrected chi connectivity index (χ3v) is 4.00. The molecule has 0 aromatic heterocycles. The van der Waals surface area contributed by atoms with Crippen LogP contribution in [0, 0.1) is 5.92 Å². The molecule has 94 valence electrons. The summed E-state index contributed by atoms with van der Waals surface area (Å²) in [5, 5.41) is 0. The quantitative estimate of drug-likeness (QED) is 0.563. The number of rotatable bonds is 3. The van der Waals surface area contributed by atoms with E-state index in [0.29, 0.717) is 5.92 Å². The fraction of sp³-hybridized carbons (Fsp3) is 1.00. The van der Waals surface area contributed by atoms with Crippen molar-refractivity contribution < 1.29 is 9.47 Å². The molecule has 2 heterocycles. The second kappa shape index (κ2) is 5.45. The van der Waals surface area contributed by atoms with E-state index in [1.165, 1.54) is 19.3 Å². The van der Waals surface area contributed by atoms with Gasteiger partial charge in [0.1, 0.15) is 0 Å². The first-order chi connectivity index (χ1) is 7.76. The highest BCUT2D eigenvalue weighted by Gasteiger charge is 2.41. The third kappa shape index (κ3) is 2.56. The Morgan fingerprint density at radius 2 is 2.19 bits per heavy atom. The van der Waals surface area contributed by atoms with Crippen molar-refractivity contribution in [3.8, 4) is 0 Å². The van der Waals surface area contributed by atoms with Crippen molar-refractivity contribution in [3.05, 3.63) is 0 Å². The number of ether oxygens (including phenoxy) is 2. The van der Waals surface area contributed by atoms with Crippen LogP contribution in [0.5, 0.6) is 0 Å². The number of nitrogens with one attached hydrogen (secondary N) is 1. The minimum Gasteiger partial charge on any atom is -0.381 e. The van der Waals surface area contributed by atoms with Crippen LogP contribution in [0.4, 0.5) is 0 Å². The van der Waals surface area contributed by atoms with E-state index in [-0.39, 0.29) is 11.6 Å². The van der Waals surface area contributed by atoms with E-state index in [2.05, 4.69) is 12.3 Å². The second-order valence-corrected chi connectivity index (χ2v) is 5.24. The van der Waals surface area contributed by atoms with Crippen LogP contribution in [-0.2, 0) is 9.47 Å². The van der Waals surface area contributed by atoms with Crippen molar-refractivity contribution in [1.82, 2.24) is 5.43 Å². The maximum Gasteiger partial charge on any atom is 0.0823 e. The molecule has 0 aliphatic carbocycles. The van der Waals surface area contributed by atoms with Gasteiger partial charge in [-0.3, -0.25) is 11.3 Å². The Kier molecular flexibility index (Phi) is 4.19. The van der Waals surface area contributed by atoms with Crippen LogP contribution in [0.15, 0.2) is 0 Å². The minimum atomic E-state index is -0.113. The van der Waals surface area contributed by atoms with E-state index in [4.69, 9.17) is 15.3 Å². The summed E-state index contributed by atoms with van der Waals surface area (Å²) >= 11 is 0. The molecule has 0 radical (unpaired) electrons. The van der Waals surface area contributed by atoms with Crippen LogP contribution in [-0.4, -0.2) is 31.5 Å². The molecular formula is C12H24N2O2. The van der Waals surface area contributed by atoms with Gasteiger partial charge in [-0.15, -0.1) is 0 Å². The number of hydrogen-bond donors (Lipinski definition) is 2. The van der Waals surface area contributed by atoms with Gasteiger partial charge in [0.2, 0.25) is 0 Å². The molecular weight excluding hydrogens is 204 g/mol. The van der Waals surface area contributed by atoms with E-state index < -0.39 is 0 Å². The van der Waals surface area contributed by atoms with Gasteiger partial charge < -0.3 is 9.47 Å². The van der Waals surface area contributed by atoms with Gasteiger partial charge in [0.25, 0.3) is 0 Å². The average Bonchev–Trinajstić information content (AvgIpc) is 2.32. The number of hydrazine groups is 1. The predicted molar refractivity (Wildman–Crippen MR) is 62.9 cm³/mol. The highest BCUT2D eigenvalue weighted by atomic mass is 16.5. The molecule has 3 atom stereocenters. The molecule has 16 heavy (non-hydrogen) atoms. The summed E-state index contributed by atoms with van der Waals surface area (Å²) in [4.78, 5) is 0. The van der Waals surface area contributed by atoms with E-state index in [1.54, 1.807) is 0 Å². The first kappa shape index (κ1) is 12.3. The summed E-state index contributed by atoms with van der Waals surface area (Å²) in [7, 11) is 0. The normalized spacial score (nSPS) is 38.2. The van der Waals surface area contributed by atoms with Crippen molar-refractivity contribution in [2.75, 3.05) is 19.8 Å². The van der Waals surface area contributed by atoms with Gasteiger partial charge in [-0.25, -0.2) is 0 Å². The van der Waals surface area contributed by atoms with Crippen molar-refractivity contribution in [2.45, 2.75) is 50.7 Å². The van der Waals surface area contributed by atoms with Gasteiger partial charge in [0.15, 0.2) is 0 Å². The van der Waals surface area contributed by atoms with E-state index >= 15 is 0 Å². The SMILES string of the molecule is CC1(C(NN)C2CCCOC2)CCCCO1. The van der Waals surface area contributed by atoms with E-state index in [9.17, 15) is 0 Å². The molecule has 3 N–H and O–H groups in total. The molecule has 2 rings (SSSR count). The minimum absolute atomic E-state index is 0.113. The van der Waals surface area contributed by atoms with Gasteiger partial charge >= 0.3 is 0 Å². The second-order valence-electron chi connectivity index (χ2n) is 5.24. The lowest BCUT2D eigenvalue weighted by molar-refractivity contribution is -0.113. The zero-order chi connectivity index (χ0) is 11.4. The van der Waals surface area contributed by atoms with Gasteiger partial charge in [0.05, 0.1) is 18.2 Å². The fourth-order valence-corrected chi connectivity index (χ4v) is 3.04. The van der Waals surface area contributed by atoms with Crippen LogP contribution in [0.25, 0.3) is 0 Å². The van der Waals surface area contributed by atoms with Crippen LogP contribution in [0.2, 0.25) is 0 Å². The molecule has 4 nitrogen and oxygen atoms in total. The lowest BCUT2D eigenvalue weighted by Crippen LogP contribution is -2.59. The molecule has 0 spiro atoms. The number of nitrogens with two attached hydrogens (primary N) is 1. The van der Waals surface area contributed by atoms with Crippen LogP contribution in [0.3, 0.4) is 0 Å². The maximum atomic E-state index is 5.97. The highest BCUT2D eigenvalue weighted by Crippen LogP contribution is 2.33. The Morgan fingerprint density at radius 3 is 2.75 bits per heavy atom. The largest absolute Gasteiger partial charge is 0.381 e. The van der Waals surface area contributed by atoms with E-state index in [0.717, 1.165) is 32.7 Å². The maximum absolute atomic E-state index is 5.97. The number of hydrogen-bond acceptors (Lipinski definition) is 4. The lowest BCUT2D eigenvalue weighted by atomic mass is 9.79. The Balaban J connectivity index is 2.01. The van der Waals surface area contributed by atoms with Crippen LogP contribution < -0.4 is 11.3 Å². The van der Waals surface area contributed by atoms with Crippen molar-refractivity contribution in [3.63, 3.8) is 0 Å². The lowest BCUT2D eigenvalue weighted by Gasteiger charge is -2.44. The van der Waals surface area contributed by atoms with E-state index in [1.807, 2.05) is 0 Å². The standard InChI is InChI=1S/C12H24N2O2/c1-12(6-2-3-8-16-12)11(14-13)10-5-4-7-15-9-10/h10-11,14H,2-9,13H2,1H3. The summed E-state index contributed by atoms with van der Waals surface area (Å²) in [5.74, 6) is 6.22. The predicted octanol–water partition coefficient (Wildman–Crippen LogP) is 1.20. The highest BCUT2D eigenvalue weighted by molar-refractivity contribution is 4.95. The average molecular weight is 228 g/mol. The first-order valence-corrected chi connectivity index (χ1v) is 6.44.